The van der Waals surface area contributed by atoms with E-state index in [1.165, 1.54) is 0 Å². The average molecular weight is 510 g/mol. The minimum atomic E-state index is -0.386. The number of rotatable bonds is 7. The molecule has 2 aliphatic rings. The van der Waals surface area contributed by atoms with Crippen molar-refractivity contribution < 1.29 is 28.5 Å². The third-order valence-corrected chi connectivity index (χ3v) is 6.41. The quantitative estimate of drug-likeness (QED) is 0.346. The second kappa shape index (κ2) is 9.93. The van der Waals surface area contributed by atoms with Crippen LogP contribution in [0.15, 0.2) is 65.6 Å². The molecule has 2 heterocycles. The number of amides is 2. The number of hydrogen-bond donors (Lipinski definition) is 0. The van der Waals surface area contributed by atoms with E-state index < -0.39 is 0 Å². The molecule has 0 N–H and O–H groups in total. The van der Waals surface area contributed by atoms with Crippen LogP contribution in [0.4, 0.5) is 10.5 Å². The van der Waals surface area contributed by atoms with Crippen LogP contribution in [-0.4, -0.2) is 24.5 Å². The molecule has 2 aliphatic heterocycles. The Bertz CT molecular complexity index is 1330. The largest absolute Gasteiger partial charge is 0.490 e. The Kier molecular flexibility index (Phi) is 6.57. The molecule has 0 unspecified atom stereocenters. The van der Waals surface area contributed by atoms with Crippen molar-refractivity contribution in [2.45, 2.75) is 13.5 Å². The van der Waals surface area contributed by atoms with E-state index in [0.717, 1.165) is 22.2 Å². The third-order valence-electron chi connectivity index (χ3n) is 5.26. The zero-order valence-corrected chi connectivity index (χ0v) is 20.2. The summed E-state index contributed by atoms with van der Waals surface area (Å²) in [5.74, 6) is 1.81. The van der Waals surface area contributed by atoms with Gasteiger partial charge in [-0.25, -0.2) is 4.90 Å². The first-order valence-corrected chi connectivity index (χ1v) is 12.0. The predicted octanol–water partition coefficient (Wildman–Crippen LogP) is 6.29. The molecular formula is C26H20ClNO6S. The summed E-state index contributed by atoms with van der Waals surface area (Å²) in [7, 11) is 0. The van der Waals surface area contributed by atoms with Crippen LogP contribution < -0.4 is 23.8 Å². The zero-order chi connectivity index (χ0) is 24.4. The molecule has 0 aromatic heterocycles. The molecule has 7 nitrogen and oxygen atoms in total. The number of carbonyl (C=O) groups excluding carboxylic acids is 2. The second-order valence-corrected chi connectivity index (χ2v) is 8.99. The van der Waals surface area contributed by atoms with E-state index in [2.05, 4.69) is 0 Å². The first-order valence-electron chi connectivity index (χ1n) is 10.8. The number of para-hydroxylation sites is 1. The Morgan fingerprint density at radius 3 is 2.63 bits per heavy atom. The molecule has 9 heteroatoms. The number of anilines is 1. The predicted molar refractivity (Wildman–Crippen MR) is 134 cm³/mol. The van der Waals surface area contributed by atoms with Crippen LogP contribution in [0.1, 0.15) is 18.1 Å². The number of ether oxygens (including phenoxy) is 4. The fourth-order valence-corrected chi connectivity index (χ4v) is 4.79. The summed E-state index contributed by atoms with van der Waals surface area (Å²) in [6, 6.07) is 17.8. The highest BCUT2D eigenvalue weighted by Crippen LogP contribution is 2.41. The van der Waals surface area contributed by atoms with Crippen LogP contribution in [-0.2, 0) is 11.4 Å². The summed E-state index contributed by atoms with van der Waals surface area (Å²) in [6.45, 7) is 2.69. The maximum Gasteiger partial charge on any atom is 0.298 e. The molecule has 3 aromatic rings. The van der Waals surface area contributed by atoms with Crippen LogP contribution in [0.2, 0.25) is 5.02 Å². The zero-order valence-electron chi connectivity index (χ0n) is 18.7. The Labute approximate surface area is 211 Å². The monoisotopic (exact) mass is 509 g/mol. The number of hydrogen-bond acceptors (Lipinski definition) is 7. The first kappa shape index (κ1) is 23.1. The van der Waals surface area contributed by atoms with E-state index in [-0.39, 0.29) is 24.5 Å². The van der Waals surface area contributed by atoms with Crippen LogP contribution in [0.5, 0.6) is 23.0 Å². The fraction of sp³-hybridized carbons (Fsp3) is 0.154. The molecule has 0 bridgehead atoms. The Morgan fingerprint density at radius 2 is 1.83 bits per heavy atom. The fourth-order valence-electron chi connectivity index (χ4n) is 3.68. The van der Waals surface area contributed by atoms with E-state index in [9.17, 15) is 9.59 Å². The summed E-state index contributed by atoms with van der Waals surface area (Å²) in [5, 5.41) is -0.0301. The van der Waals surface area contributed by atoms with E-state index in [1.54, 1.807) is 42.5 Å². The van der Waals surface area contributed by atoms with Gasteiger partial charge in [0.05, 0.1) is 22.2 Å². The van der Waals surface area contributed by atoms with Crippen molar-refractivity contribution in [3.05, 3.63) is 81.7 Å². The molecular weight excluding hydrogens is 490 g/mol. The van der Waals surface area contributed by atoms with Gasteiger partial charge in [-0.1, -0.05) is 35.9 Å². The van der Waals surface area contributed by atoms with Gasteiger partial charge in [0.1, 0.15) is 6.61 Å². The molecule has 178 valence electrons. The van der Waals surface area contributed by atoms with Gasteiger partial charge in [0.15, 0.2) is 23.0 Å². The third kappa shape index (κ3) is 4.80. The summed E-state index contributed by atoms with van der Waals surface area (Å²) in [5.41, 5.74) is 2.03. The maximum absolute atomic E-state index is 12.9. The molecule has 0 saturated carbocycles. The van der Waals surface area contributed by atoms with Gasteiger partial charge in [-0.2, -0.15) is 0 Å². The number of benzene rings is 3. The van der Waals surface area contributed by atoms with Gasteiger partial charge in [-0.15, -0.1) is 0 Å². The summed E-state index contributed by atoms with van der Waals surface area (Å²) < 4.78 is 22.5. The molecule has 0 atom stereocenters. The normalized spacial score (nSPS) is 15.7. The molecule has 2 amide bonds. The van der Waals surface area contributed by atoms with Crippen LogP contribution in [0.3, 0.4) is 0 Å². The number of imide groups is 1. The topological polar surface area (TPSA) is 74.3 Å². The van der Waals surface area contributed by atoms with E-state index >= 15 is 0 Å². The van der Waals surface area contributed by atoms with Gasteiger partial charge in [-0.3, -0.25) is 9.59 Å². The van der Waals surface area contributed by atoms with Gasteiger partial charge in [0.2, 0.25) is 6.79 Å². The van der Waals surface area contributed by atoms with E-state index in [4.69, 9.17) is 30.5 Å². The first-order chi connectivity index (χ1) is 17.0. The molecule has 1 saturated heterocycles. The molecule has 0 spiro atoms. The molecule has 5 rings (SSSR count). The highest BCUT2D eigenvalue weighted by atomic mass is 35.5. The molecule has 1 fully saturated rings. The van der Waals surface area contributed by atoms with Crippen LogP contribution in [0.25, 0.3) is 6.08 Å². The van der Waals surface area contributed by atoms with Crippen molar-refractivity contribution in [3.63, 3.8) is 0 Å². The van der Waals surface area contributed by atoms with Crippen molar-refractivity contribution in [3.8, 4) is 23.0 Å². The van der Waals surface area contributed by atoms with Gasteiger partial charge in [-0.05, 0) is 72.3 Å². The van der Waals surface area contributed by atoms with Crippen LogP contribution in [0, 0.1) is 0 Å². The summed E-state index contributed by atoms with van der Waals surface area (Å²) >= 11 is 7.44. The molecule has 0 aliphatic carbocycles. The summed E-state index contributed by atoms with van der Waals surface area (Å²) in [4.78, 5) is 26.9. The minimum absolute atomic E-state index is 0.201. The van der Waals surface area contributed by atoms with Crippen molar-refractivity contribution in [1.82, 2.24) is 0 Å². The second-order valence-electron chi connectivity index (χ2n) is 7.59. The highest BCUT2D eigenvalue weighted by molar-refractivity contribution is 8.19. The number of carbonyl (C=O) groups is 2. The molecule has 3 aromatic carbocycles. The van der Waals surface area contributed by atoms with Crippen molar-refractivity contribution >= 4 is 46.3 Å². The lowest BCUT2D eigenvalue weighted by molar-refractivity contribution is -0.113. The van der Waals surface area contributed by atoms with Crippen molar-refractivity contribution in [1.29, 1.82) is 0 Å². The average Bonchev–Trinajstić information content (AvgIpc) is 3.42. The Morgan fingerprint density at radius 1 is 1.03 bits per heavy atom. The highest BCUT2D eigenvalue weighted by Gasteiger charge is 2.36. The van der Waals surface area contributed by atoms with Gasteiger partial charge in [0, 0.05) is 0 Å². The minimum Gasteiger partial charge on any atom is -0.490 e. The standard InChI is InChI=1S/C26H20ClNO6S/c1-2-31-22-12-17(13-23-25(29)28(26(30)35-23)18-6-4-3-5-7-18)10-19(27)24(22)32-14-16-8-9-20-21(11-16)34-15-33-20/h3-13H,2,14-15H2,1H3/b23-13-. The lowest BCUT2D eigenvalue weighted by Gasteiger charge is -2.15. The Balaban J connectivity index is 1.38. The number of fused-ring (bicyclic) bond motifs is 1. The number of thioether (sulfide) groups is 1. The lowest BCUT2D eigenvalue weighted by Crippen LogP contribution is -2.27. The van der Waals surface area contributed by atoms with E-state index in [0.29, 0.717) is 50.8 Å². The number of nitrogens with zero attached hydrogens (tertiary/aromatic N) is 1. The lowest BCUT2D eigenvalue weighted by atomic mass is 10.1. The van der Waals surface area contributed by atoms with Crippen molar-refractivity contribution in [2.24, 2.45) is 0 Å². The smallest absolute Gasteiger partial charge is 0.298 e. The van der Waals surface area contributed by atoms with Gasteiger partial charge in [0.25, 0.3) is 11.1 Å². The van der Waals surface area contributed by atoms with Gasteiger partial charge >= 0.3 is 0 Å². The van der Waals surface area contributed by atoms with Crippen molar-refractivity contribution in [2.75, 3.05) is 18.3 Å². The number of halogens is 1. The van der Waals surface area contributed by atoms with Gasteiger partial charge < -0.3 is 18.9 Å². The SMILES string of the molecule is CCOc1cc(/C=C2\SC(=O)N(c3ccccc3)C2=O)cc(Cl)c1OCc1ccc2c(c1)OCO2. The Hall–Kier alpha value is -3.62. The molecule has 0 radical (unpaired) electrons. The summed E-state index contributed by atoms with van der Waals surface area (Å²) in [6.07, 6.45) is 1.63. The molecule has 35 heavy (non-hydrogen) atoms. The maximum atomic E-state index is 12.9. The van der Waals surface area contributed by atoms with Crippen LogP contribution >= 0.6 is 23.4 Å². The van der Waals surface area contributed by atoms with E-state index in [1.807, 2.05) is 31.2 Å².